The summed E-state index contributed by atoms with van der Waals surface area (Å²) >= 11 is 0. The zero-order valence-corrected chi connectivity index (χ0v) is 8.36. The third kappa shape index (κ3) is 1.45. The van der Waals surface area contributed by atoms with Crippen LogP contribution in [0.1, 0.15) is 5.56 Å². The van der Waals surface area contributed by atoms with Crippen molar-refractivity contribution in [2.45, 2.75) is 13.0 Å². The summed E-state index contributed by atoms with van der Waals surface area (Å²) in [5.74, 6) is -0.145. The fourth-order valence-electron chi connectivity index (χ4n) is 1.63. The number of carbonyl (C=O) groups is 1. The van der Waals surface area contributed by atoms with Gasteiger partial charge in [0.15, 0.2) is 0 Å². The van der Waals surface area contributed by atoms with Gasteiger partial charge in [-0.2, -0.15) is 0 Å². The number of aryl methyl sites for hydroxylation is 1. The van der Waals surface area contributed by atoms with Gasteiger partial charge in [-0.1, -0.05) is 18.2 Å². The van der Waals surface area contributed by atoms with Crippen LogP contribution in [0.25, 0.3) is 0 Å². The second kappa shape index (κ2) is 3.33. The number of hydrogen-bond donors (Lipinski definition) is 0. The van der Waals surface area contributed by atoms with E-state index in [0.29, 0.717) is 0 Å². The number of ether oxygens (including phenoxy) is 1. The fraction of sp³-hybridized carbons (Fsp3) is 0.364. The van der Waals surface area contributed by atoms with E-state index in [1.807, 2.05) is 36.1 Å². The Hall–Kier alpha value is -1.51. The SMILES string of the molecule is COC(=O)[C@H]1CN1c1ccccc1C. The number of rotatable bonds is 2. The lowest BCUT2D eigenvalue weighted by Crippen LogP contribution is -2.14. The van der Waals surface area contributed by atoms with Crippen molar-refractivity contribution >= 4 is 11.7 Å². The number of para-hydroxylation sites is 1. The molecule has 1 heterocycles. The molecule has 1 aliphatic rings. The van der Waals surface area contributed by atoms with Crippen molar-refractivity contribution < 1.29 is 9.53 Å². The molecule has 0 spiro atoms. The molecule has 0 amide bonds. The van der Waals surface area contributed by atoms with Gasteiger partial charge in [-0.05, 0) is 18.6 Å². The van der Waals surface area contributed by atoms with Gasteiger partial charge in [0, 0.05) is 5.69 Å². The molecule has 0 aromatic heterocycles. The van der Waals surface area contributed by atoms with Crippen molar-refractivity contribution in [3.05, 3.63) is 29.8 Å². The normalized spacial score (nSPS) is 19.3. The van der Waals surface area contributed by atoms with Gasteiger partial charge in [0.05, 0.1) is 13.7 Å². The van der Waals surface area contributed by atoms with Crippen molar-refractivity contribution in [2.75, 3.05) is 18.6 Å². The van der Waals surface area contributed by atoms with Gasteiger partial charge in [-0.3, -0.25) is 0 Å². The third-order valence-corrected chi connectivity index (χ3v) is 2.51. The molecule has 0 unspecified atom stereocenters. The first-order valence-electron chi connectivity index (χ1n) is 4.64. The van der Waals surface area contributed by atoms with Crippen LogP contribution in [0.4, 0.5) is 5.69 Å². The molecule has 0 radical (unpaired) electrons. The lowest BCUT2D eigenvalue weighted by Gasteiger charge is -2.07. The molecular formula is C11H13NO2. The number of hydrogen-bond acceptors (Lipinski definition) is 3. The number of benzene rings is 1. The highest BCUT2D eigenvalue weighted by Crippen LogP contribution is 2.30. The topological polar surface area (TPSA) is 29.3 Å². The highest BCUT2D eigenvalue weighted by molar-refractivity contribution is 5.86. The summed E-state index contributed by atoms with van der Waals surface area (Å²) < 4.78 is 4.69. The Kier molecular flexibility index (Phi) is 2.15. The maximum Gasteiger partial charge on any atom is 0.330 e. The van der Waals surface area contributed by atoms with E-state index in [1.54, 1.807) is 0 Å². The molecule has 0 bridgehead atoms. The van der Waals surface area contributed by atoms with Gasteiger partial charge < -0.3 is 9.64 Å². The predicted molar refractivity (Wildman–Crippen MR) is 54.3 cm³/mol. The smallest absolute Gasteiger partial charge is 0.330 e. The number of methoxy groups -OCH3 is 1. The van der Waals surface area contributed by atoms with Crippen LogP contribution in [0.3, 0.4) is 0 Å². The number of anilines is 1. The van der Waals surface area contributed by atoms with Crippen LogP contribution >= 0.6 is 0 Å². The van der Waals surface area contributed by atoms with Crippen LogP contribution in [0.5, 0.6) is 0 Å². The Morgan fingerprint density at radius 2 is 2.21 bits per heavy atom. The summed E-state index contributed by atoms with van der Waals surface area (Å²) in [4.78, 5) is 13.2. The first kappa shape index (κ1) is 9.06. The van der Waals surface area contributed by atoms with E-state index in [0.717, 1.165) is 12.2 Å². The Morgan fingerprint density at radius 1 is 1.50 bits per heavy atom. The lowest BCUT2D eigenvalue weighted by atomic mass is 10.2. The van der Waals surface area contributed by atoms with Crippen molar-refractivity contribution in [1.82, 2.24) is 0 Å². The zero-order chi connectivity index (χ0) is 10.1. The summed E-state index contributed by atoms with van der Waals surface area (Å²) in [5, 5.41) is 0. The summed E-state index contributed by atoms with van der Waals surface area (Å²) in [5.41, 5.74) is 2.32. The van der Waals surface area contributed by atoms with Crippen LogP contribution in [-0.4, -0.2) is 25.7 Å². The molecule has 3 heteroatoms. The average Bonchev–Trinajstić information content (AvgIpc) is 2.97. The number of carbonyl (C=O) groups excluding carboxylic acids is 1. The molecule has 74 valence electrons. The number of nitrogens with zero attached hydrogens (tertiary/aromatic N) is 1. The Morgan fingerprint density at radius 3 is 2.86 bits per heavy atom. The largest absolute Gasteiger partial charge is 0.467 e. The van der Waals surface area contributed by atoms with E-state index in [9.17, 15) is 4.79 Å². The van der Waals surface area contributed by atoms with Crippen molar-refractivity contribution in [2.24, 2.45) is 0 Å². The minimum atomic E-state index is -0.145. The molecular weight excluding hydrogens is 178 g/mol. The van der Waals surface area contributed by atoms with Gasteiger partial charge in [0.2, 0.25) is 0 Å². The molecule has 1 aliphatic heterocycles. The van der Waals surface area contributed by atoms with Crippen molar-refractivity contribution in [3.8, 4) is 0 Å². The molecule has 1 atom stereocenters. The Balaban J connectivity index is 2.13. The minimum absolute atomic E-state index is 0.0684. The van der Waals surface area contributed by atoms with E-state index < -0.39 is 0 Å². The monoisotopic (exact) mass is 191 g/mol. The first-order chi connectivity index (χ1) is 6.74. The minimum Gasteiger partial charge on any atom is -0.467 e. The quantitative estimate of drug-likeness (QED) is 0.522. The van der Waals surface area contributed by atoms with Crippen molar-refractivity contribution in [3.63, 3.8) is 0 Å². The maximum atomic E-state index is 11.2. The van der Waals surface area contributed by atoms with Crippen LogP contribution in [0, 0.1) is 6.92 Å². The maximum absolute atomic E-state index is 11.2. The standard InChI is InChI=1S/C11H13NO2/c1-8-5-3-4-6-9(8)12-7-10(12)11(13)14-2/h3-6,10H,7H2,1-2H3/t10-,12?/m1/s1. The van der Waals surface area contributed by atoms with Crippen LogP contribution in [-0.2, 0) is 9.53 Å². The van der Waals surface area contributed by atoms with Gasteiger partial charge in [0.1, 0.15) is 6.04 Å². The van der Waals surface area contributed by atoms with Gasteiger partial charge in [-0.25, -0.2) is 4.79 Å². The molecule has 0 aliphatic carbocycles. The van der Waals surface area contributed by atoms with Crippen LogP contribution < -0.4 is 4.90 Å². The van der Waals surface area contributed by atoms with E-state index >= 15 is 0 Å². The first-order valence-corrected chi connectivity index (χ1v) is 4.64. The summed E-state index contributed by atoms with van der Waals surface area (Å²) in [6.07, 6.45) is 0. The van der Waals surface area contributed by atoms with Gasteiger partial charge in [-0.15, -0.1) is 0 Å². The van der Waals surface area contributed by atoms with Gasteiger partial charge in [0.25, 0.3) is 0 Å². The van der Waals surface area contributed by atoms with Gasteiger partial charge >= 0.3 is 5.97 Å². The lowest BCUT2D eigenvalue weighted by molar-refractivity contribution is -0.139. The van der Waals surface area contributed by atoms with E-state index in [1.165, 1.54) is 12.7 Å². The highest BCUT2D eigenvalue weighted by atomic mass is 16.5. The second-order valence-corrected chi connectivity index (χ2v) is 3.48. The third-order valence-electron chi connectivity index (χ3n) is 2.51. The highest BCUT2D eigenvalue weighted by Gasteiger charge is 2.41. The molecule has 1 aromatic rings. The summed E-state index contributed by atoms with van der Waals surface area (Å²) in [6, 6.07) is 7.98. The molecule has 0 N–H and O–H groups in total. The van der Waals surface area contributed by atoms with E-state index in [2.05, 4.69) is 4.74 Å². The molecule has 0 saturated carbocycles. The molecule has 14 heavy (non-hydrogen) atoms. The molecule has 1 aromatic carbocycles. The number of esters is 1. The fourth-order valence-corrected chi connectivity index (χ4v) is 1.63. The van der Waals surface area contributed by atoms with Crippen molar-refractivity contribution in [1.29, 1.82) is 0 Å². The summed E-state index contributed by atoms with van der Waals surface area (Å²) in [7, 11) is 1.43. The molecule has 1 fully saturated rings. The van der Waals surface area contributed by atoms with Crippen LogP contribution in [0.2, 0.25) is 0 Å². The summed E-state index contributed by atoms with van der Waals surface area (Å²) in [6.45, 7) is 2.82. The Bertz CT molecular complexity index is 362. The average molecular weight is 191 g/mol. The van der Waals surface area contributed by atoms with E-state index in [-0.39, 0.29) is 12.0 Å². The molecule has 1 saturated heterocycles. The second-order valence-electron chi connectivity index (χ2n) is 3.48. The van der Waals surface area contributed by atoms with E-state index in [4.69, 9.17) is 0 Å². The predicted octanol–water partition coefficient (Wildman–Crippen LogP) is 1.36. The molecule has 2 rings (SSSR count). The Labute approximate surface area is 83.3 Å². The van der Waals surface area contributed by atoms with Crippen LogP contribution in [0.15, 0.2) is 24.3 Å². The molecule has 3 nitrogen and oxygen atoms in total. The zero-order valence-electron chi connectivity index (χ0n) is 8.36.